The van der Waals surface area contributed by atoms with E-state index >= 15 is 0 Å². The van der Waals surface area contributed by atoms with Crippen molar-refractivity contribution in [1.82, 2.24) is 0 Å². The van der Waals surface area contributed by atoms with Crippen molar-refractivity contribution >= 4 is 24.2 Å². The lowest BCUT2D eigenvalue weighted by atomic mass is 9.75. The molecule has 27 heavy (non-hydrogen) atoms. The molecule has 148 valence electrons. The van der Waals surface area contributed by atoms with Gasteiger partial charge in [-0.3, -0.25) is 4.79 Å². The van der Waals surface area contributed by atoms with E-state index in [1.54, 1.807) is 27.7 Å². The number of benzene rings is 1. The van der Waals surface area contributed by atoms with Crippen molar-refractivity contribution in [2.75, 3.05) is 5.32 Å². The summed E-state index contributed by atoms with van der Waals surface area (Å²) in [5.41, 5.74) is -2.29. The molecule has 0 aromatic heterocycles. The van der Waals surface area contributed by atoms with E-state index in [1.165, 1.54) is 12.1 Å². The molecule has 1 heterocycles. The van der Waals surface area contributed by atoms with Crippen LogP contribution in [-0.2, 0) is 20.3 Å². The van der Waals surface area contributed by atoms with E-state index in [-0.39, 0.29) is 17.1 Å². The normalized spacial score (nSPS) is 21.8. The molecule has 1 aliphatic heterocycles. The Labute approximate surface area is 157 Å². The second kappa shape index (κ2) is 6.81. The van der Waals surface area contributed by atoms with Crippen LogP contribution in [0, 0.1) is 5.92 Å². The Kier molecular flexibility index (Phi) is 5.10. The van der Waals surface area contributed by atoms with Crippen molar-refractivity contribution in [3.8, 4) is 0 Å². The molecule has 2 fully saturated rings. The first-order chi connectivity index (χ1) is 12.4. The number of carbonyl (C=O) groups is 1. The average molecular weight is 383 g/mol. The number of halogens is 3. The fourth-order valence-electron chi connectivity index (χ4n) is 3.23. The third kappa shape index (κ3) is 4.16. The maximum absolute atomic E-state index is 13.7. The highest BCUT2D eigenvalue weighted by molar-refractivity contribution is 6.62. The van der Waals surface area contributed by atoms with E-state index in [2.05, 4.69) is 5.32 Å². The summed E-state index contributed by atoms with van der Waals surface area (Å²) < 4.78 is 52.5. The average Bonchev–Trinajstić information content (AvgIpc) is 2.70. The minimum Gasteiger partial charge on any atom is -0.399 e. The lowest BCUT2D eigenvalue weighted by molar-refractivity contribution is -0.136. The highest BCUT2D eigenvalue weighted by Gasteiger charge is 2.53. The Bertz CT molecular complexity index is 713. The van der Waals surface area contributed by atoms with E-state index in [4.69, 9.17) is 9.31 Å². The quantitative estimate of drug-likeness (QED) is 0.796. The first-order valence-electron chi connectivity index (χ1n) is 9.26. The lowest BCUT2D eigenvalue weighted by Gasteiger charge is -2.32. The molecule has 0 unspecified atom stereocenters. The summed E-state index contributed by atoms with van der Waals surface area (Å²) in [7, 11) is -1.12. The van der Waals surface area contributed by atoms with Crippen LogP contribution in [0.2, 0.25) is 0 Å². The summed E-state index contributed by atoms with van der Waals surface area (Å²) in [6, 6.07) is 3.75. The smallest absolute Gasteiger partial charge is 0.399 e. The lowest BCUT2D eigenvalue weighted by Crippen LogP contribution is -2.41. The Morgan fingerprint density at radius 2 is 1.78 bits per heavy atom. The maximum Gasteiger partial charge on any atom is 0.495 e. The monoisotopic (exact) mass is 383 g/mol. The number of hydrogen-bond donors (Lipinski definition) is 1. The minimum atomic E-state index is -4.59. The molecule has 0 atom stereocenters. The van der Waals surface area contributed by atoms with Gasteiger partial charge in [0.05, 0.1) is 16.8 Å². The molecule has 0 bridgehead atoms. The maximum atomic E-state index is 13.7. The molecule has 0 radical (unpaired) electrons. The summed E-state index contributed by atoms with van der Waals surface area (Å²) >= 11 is 0. The van der Waals surface area contributed by atoms with Crippen LogP contribution in [0.5, 0.6) is 0 Å². The molecule has 4 nitrogen and oxygen atoms in total. The van der Waals surface area contributed by atoms with Gasteiger partial charge in [0, 0.05) is 12.1 Å². The van der Waals surface area contributed by atoms with Gasteiger partial charge in [0.25, 0.3) is 0 Å². The van der Waals surface area contributed by atoms with Gasteiger partial charge >= 0.3 is 13.3 Å². The van der Waals surface area contributed by atoms with Crippen LogP contribution in [0.1, 0.15) is 58.9 Å². The van der Waals surface area contributed by atoms with Gasteiger partial charge in [0.15, 0.2) is 0 Å². The molecule has 1 aliphatic carbocycles. The number of hydrogen-bond acceptors (Lipinski definition) is 3. The summed E-state index contributed by atoms with van der Waals surface area (Å²) in [4.78, 5) is 12.0. The fraction of sp³-hybridized carbons (Fsp3) is 0.632. The Morgan fingerprint density at radius 3 is 2.26 bits per heavy atom. The molecular formula is C19H25BF3NO3. The zero-order valence-corrected chi connectivity index (χ0v) is 16.1. The molecule has 8 heteroatoms. The summed E-state index contributed by atoms with van der Waals surface area (Å²) in [6.07, 6.45) is -1.13. The molecule has 1 saturated heterocycles. The predicted octanol–water partition coefficient (Wildman–Crippen LogP) is 4.13. The zero-order valence-electron chi connectivity index (χ0n) is 16.1. The van der Waals surface area contributed by atoms with Crippen molar-refractivity contribution in [2.24, 2.45) is 5.92 Å². The molecule has 1 saturated carbocycles. The Balaban J connectivity index is 1.84. The van der Waals surface area contributed by atoms with Crippen LogP contribution >= 0.6 is 0 Å². The second-order valence-corrected chi connectivity index (χ2v) is 8.44. The fourth-order valence-corrected chi connectivity index (χ4v) is 3.23. The number of carbonyl (C=O) groups excluding carboxylic acids is 1. The van der Waals surface area contributed by atoms with Gasteiger partial charge in [-0.2, -0.15) is 13.2 Å². The van der Waals surface area contributed by atoms with Crippen molar-refractivity contribution in [1.29, 1.82) is 0 Å². The van der Waals surface area contributed by atoms with Gasteiger partial charge in [-0.1, -0.05) is 12.5 Å². The summed E-state index contributed by atoms with van der Waals surface area (Å²) in [6.45, 7) is 7.15. The van der Waals surface area contributed by atoms with Gasteiger partial charge < -0.3 is 14.6 Å². The molecule has 1 aromatic carbocycles. The van der Waals surface area contributed by atoms with E-state index in [1.807, 2.05) is 0 Å². The van der Waals surface area contributed by atoms with Gasteiger partial charge in [0.2, 0.25) is 5.91 Å². The van der Waals surface area contributed by atoms with Crippen molar-refractivity contribution in [3.05, 3.63) is 23.8 Å². The molecular weight excluding hydrogens is 358 g/mol. The van der Waals surface area contributed by atoms with Gasteiger partial charge in [0.1, 0.15) is 0 Å². The molecule has 1 N–H and O–H groups in total. The third-order valence-corrected chi connectivity index (χ3v) is 5.85. The number of nitrogens with one attached hydrogen (secondary N) is 1. The predicted molar refractivity (Wildman–Crippen MR) is 97.7 cm³/mol. The first kappa shape index (κ1) is 20.2. The van der Waals surface area contributed by atoms with Crippen LogP contribution in [0.4, 0.5) is 18.9 Å². The van der Waals surface area contributed by atoms with Crippen molar-refractivity contribution in [3.63, 3.8) is 0 Å². The summed E-state index contributed by atoms with van der Waals surface area (Å²) in [5, 5.41) is 2.58. The number of alkyl halides is 3. The van der Waals surface area contributed by atoms with Crippen molar-refractivity contribution < 1.29 is 27.3 Å². The van der Waals surface area contributed by atoms with Gasteiger partial charge in [-0.15, -0.1) is 0 Å². The minimum absolute atomic E-state index is 0.0851. The second-order valence-electron chi connectivity index (χ2n) is 8.44. The zero-order chi connectivity index (χ0) is 20.0. The standard InChI is InChI=1S/C19H25BF3NO3/c1-17(2)18(3,4)27-20(26-17)15-9-8-13(11-14(15)19(21,22)23)24-16(25)10-12-6-5-7-12/h8-9,11-12H,5-7,10H2,1-4H3,(H,24,25). The van der Waals surface area contributed by atoms with E-state index in [0.717, 1.165) is 25.3 Å². The molecule has 0 spiro atoms. The van der Waals surface area contributed by atoms with Gasteiger partial charge in [-0.05, 0) is 64.1 Å². The number of amides is 1. The van der Waals surface area contributed by atoms with Crippen LogP contribution in [0.3, 0.4) is 0 Å². The molecule has 3 rings (SSSR count). The molecule has 1 aromatic rings. The Hall–Kier alpha value is -1.54. The van der Waals surface area contributed by atoms with E-state index in [9.17, 15) is 18.0 Å². The first-order valence-corrected chi connectivity index (χ1v) is 9.26. The van der Waals surface area contributed by atoms with E-state index in [0.29, 0.717) is 12.3 Å². The number of rotatable bonds is 4. The Morgan fingerprint density at radius 1 is 1.19 bits per heavy atom. The highest BCUT2D eigenvalue weighted by Crippen LogP contribution is 2.38. The largest absolute Gasteiger partial charge is 0.495 e. The van der Waals surface area contributed by atoms with Crippen LogP contribution < -0.4 is 10.8 Å². The van der Waals surface area contributed by atoms with Crippen LogP contribution in [0.15, 0.2) is 18.2 Å². The third-order valence-electron chi connectivity index (χ3n) is 5.85. The topological polar surface area (TPSA) is 47.6 Å². The number of anilines is 1. The van der Waals surface area contributed by atoms with Crippen LogP contribution in [0.25, 0.3) is 0 Å². The molecule has 1 amide bonds. The SMILES string of the molecule is CC1(C)OB(c2ccc(NC(=O)CC3CCC3)cc2C(F)(F)F)OC1(C)C. The highest BCUT2D eigenvalue weighted by atomic mass is 19.4. The molecule has 2 aliphatic rings. The van der Waals surface area contributed by atoms with E-state index < -0.39 is 30.1 Å². The van der Waals surface area contributed by atoms with Crippen molar-refractivity contribution in [2.45, 2.75) is 70.8 Å². The van der Waals surface area contributed by atoms with Crippen LogP contribution in [-0.4, -0.2) is 24.2 Å². The van der Waals surface area contributed by atoms with Gasteiger partial charge in [-0.25, -0.2) is 0 Å². The summed E-state index contributed by atoms with van der Waals surface area (Å²) in [5.74, 6) is 0.0901.